The second-order valence-electron chi connectivity index (χ2n) is 5.04. The number of anilines is 1. The quantitative estimate of drug-likeness (QED) is 0.622. The van der Waals surface area contributed by atoms with Crippen LogP contribution in [0.25, 0.3) is 12.2 Å². The molecule has 1 amide bonds. The van der Waals surface area contributed by atoms with Crippen LogP contribution in [0.3, 0.4) is 0 Å². The fourth-order valence-corrected chi connectivity index (χ4v) is 2.92. The van der Waals surface area contributed by atoms with E-state index in [4.69, 9.17) is 5.11 Å². The smallest absolute Gasteiger partial charge is 0.409 e. The van der Waals surface area contributed by atoms with Crippen LogP contribution >= 0.6 is 11.3 Å². The van der Waals surface area contributed by atoms with Gasteiger partial charge in [0, 0.05) is 12.1 Å². The Bertz CT molecular complexity index is 768. The highest BCUT2D eigenvalue weighted by atomic mass is 32.1. The number of carboxylic acid groups (broad SMARTS) is 1. The van der Waals surface area contributed by atoms with Crippen LogP contribution in [0.15, 0.2) is 24.3 Å². The third-order valence-electron chi connectivity index (χ3n) is 2.94. The van der Waals surface area contributed by atoms with Gasteiger partial charge in [-0.05, 0) is 17.6 Å². The van der Waals surface area contributed by atoms with E-state index >= 15 is 0 Å². The van der Waals surface area contributed by atoms with Crippen LogP contribution in [0.1, 0.15) is 36.0 Å². The first kappa shape index (κ1) is 16.6. The molecular formula is C15H15N3O4S. The minimum absolute atomic E-state index is 0.0161. The molecule has 0 aliphatic carbocycles. The average molecular weight is 333 g/mol. The summed E-state index contributed by atoms with van der Waals surface area (Å²) in [5.74, 6) is 0.0769. The van der Waals surface area contributed by atoms with E-state index in [1.165, 1.54) is 23.5 Å². The van der Waals surface area contributed by atoms with Crippen LogP contribution < -0.4 is 5.32 Å². The summed E-state index contributed by atoms with van der Waals surface area (Å²) in [6, 6.07) is 6.24. The molecule has 0 saturated carbocycles. The topological polar surface area (TPSA) is 105 Å². The monoisotopic (exact) mass is 333 g/mol. The molecule has 2 rings (SSSR count). The Kier molecular flexibility index (Phi) is 5.07. The molecular weight excluding hydrogens is 318 g/mol. The van der Waals surface area contributed by atoms with Crippen molar-refractivity contribution < 1.29 is 14.8 Å². The molecule has 0 saturated heterocycles. The van der Waals surface area contributed by atoms with Crippen molar-refractivity contribution in [3.8, 4) is 0 Å². The summed E-state index contributed by atoms with van der Waals surface area (Å²) in [6.07, 6.45) is 2.29. The third-order valence-corrected chi connectivity index (χ3v) is 3.89. The number of thiazole rings is 1. The first-order valence-corrected chi connectivity index (χ1v) is 7.61. The number of hydrogen-bond acceptors (Lipinski definition) is 5. The lowest BCUT2D eigenvalue weighted by Crippen LogP contribution is -2.08. The highest BCUT2D eigenvalue weighted by molar-refractivity contribution is 7.16. The second-order valence-corrected chi connectivity index (χ2v) is 6.07. The molecule has 1 heterocycles. The van der Waals surface area contributed by atoms with Crippen molar-refractivity contribution in [3.05, 3.63) is 50.6 Å². The fraction of sp³-hybridized carbons (Fsp3) is 0.200. The number of rotatable bonds is 5. The fourth-order valence-electron chi connectivity index (χ4n) is 1.91. The van der Waals surface area contributed by atoms with Crippen molar-refractivity contribution >= 4 is 40.3 Å². The van der Waals surface area contributed by atoms with Crippen molar-refractivity contribution in [2.75, 3.05) is 5.32 Å². The minimum Gasteiger partial charge on any atom is -0.465 e. The molecule has 0 bridgehead atoms. The van der Waals surface area contributed by atoms with E-state index in [0.717, 1.165) is 0 Å². The van der Waals surface area contributed by atoms with Gasteiger partial charge >= 0.3 is 6.09 Å². The van der Waals surface area contributed by atoms with Crippen molar-refractivity contribution in [1.82, 2.24) is 4.98 Å². The molecule has 120 valence electrons. The standard InChI is InChI=1S/C15H15N3O4S/c1-9(2)13-14(17-15(19)20)23-12(16-13)7-6-10-4-3-5-11(8-10)18(21)22/h3-9,17H,1-2H3,(H,19,20). The van der Waals surface area contributed by atoms with E-state index in [1.807, 2.05) is 13.8 Å². The number of benzene rings is 1. The van der Waals surface area contributed by atoms with Gasteiger partial charge < -0.3 is 5.11 Å². The molecule has 0 atom stereocenters. The Balaban J connectivity index is 2.27. The lowest BCUT2D eigenvalue weighted by atomic mass is 10.1. The zero-order chi connectivity index (χ0) is 17.0. The van der Waals surface area contributed by atoms with Crippen molar-refractivity contribution in [1.29, 1.82) is 0 Å². The molecule has 1 aromatic heterocycles. The van der Waals surface area contributed by atoms with Crippen molar-refractivity contribution in [3.63, 3.8) is 0 Å². The van der Waals surface area contributed by atoms with Crippen molar-refractivity contribution in [2.24, 2.45) is 0 Å². The molecule has 7 nitrogen and oxygen atoms in total. The van der Waals surface area contributed by atoms with Crippen LogP contribution in [0.2, 0.25) is 0 Å². The Labute approximate surface area is 136 Å². The van der Waals surface area contributed by atoms with Gasteiger partial charge in [-0.2, -0.15) is 0 Å². The number of carbonyl (C=O) groups is 1. The predicted octanol–water partition coefficient (Wildman–Crippen LogP) is 4.44. The van der Waals surface area contributed by atoms with E-state index in [2.05, 4.69) is 10.3 Å². The van der Waals surface area contributed by atoms with Gasteiger partial charge in [0.05, 0.1) is 10.6 Å². The summed E-state index contributed by atoms with van der Waals surface area (Å²) < 4.78 is 0. The van der Waals surface area contributed by atoms with Gasteiger partial charge in [0.25, 0.3) is 5.69 Å². The molecule has 2 aromatic rings. The van der Waals surface area contributed by atoms with Crippen LogP contribution in [0.5, 0.6) is 0 Å². The van der Waals surface area contributed by atoms with Gasteiger partial charge in [0.1, 0.15) is 10.0 Å². The maximum Gasteiger partial charge on any atom is 0.409 e. The number of amides is 1. The minimum atomic E-state index is -1.13. The van der Waals surface area contributed by atoms with E-state index in [0.29, 0.717) is 21.3 Å². The number of non-ortho nitro benzene ring substituents is 1. The van der Waals surface area contributed by atoms with Crippen LogP contribution in [-0.2, 0) is 0 Å². The number of nitrogens with zero attached hydrogens (tertiary/aromatic N) is 2. The average Bonchev–Trinajstić information content (AvgIpc) is 2.88. The lowest BCUT2D eigenvalue weighted by molar-refractivity contribution is -0.384. The van der Waals surface area contributed by atoms with Gasteiger partial charge in [-0.15, -0.1) is 0 Å². The zero-order valence-electron chi connectivity index (χ0n) is 12.5. The number of nitro benzene ring substituents is 1. The first-order valence-electron chi connectivity index (χ1n) is 6.80. The molecule has 0 radical (unpaired) electrons. The van der Waals surface area contributed by atoms with Gasteiger partial charge in [-0.25, -0.2) is 9.78 Å². The third kappa shape index (κ3) is 4.36. The number of aromatic nitrogens is 1. The largest absolute Gasteiger partial charge is 0.465 e. The molecule has 23 heavy (non-hydrogen) atoms. The van der Waals surface area contributed by atoms with Crippen LogP contribution in [-0.4, -0.2) is 21.1 Å². The van der Waals surface area contributed by atoms with Gasteiger partial charge in [-0.1, -0.05) is 43.4 Å². The number of nitro groups is 1. The van der Waals surface area contributed by atoms with Gasteiger partial charge in [0.15, 0.2) is 0 Å². The highest BCUT2D eigenvalue weighted by Gasteiger charge is 2.15. The number of nitrogens with one attached hydrogen (secondary N) is 1. The molecule has 0 spiro atoms. The molecule has 0 fully saturated rings. The van der Waals surface area contributed by atoms with Gasteiger partial charge in [0.2, 0.25) is 0 Å². The van der Waals surface area contributed by atoms with E-state index < -0.39 is 11.0 Å². The normalized spacial score (nSPS) is 11.1. The summed E-state index contributed by atoms with van der Waals surface area (Å²) in [5, 5.41) is 23.1. The van der Waals surface area contributed by atoms with Crippen LogP contribution in [0.4, 0.5) is 15.5 Å². The predicted molar refractivity (Wildman–Crippen MR) is 89.9 cm³/mol. The molecule has 0 unspecified atom stereocenters. The Morgan fingerprint density at radius 1 is 1.43 bits per heavy atom. The maximum absolute atomic E-state index is 10.8. The molecule has 1 aromatic carbocycles. The summed E-state index contributed by atoms with van der Waals surface area (Å²) >= 11 is 1.22. The summed E-state index contributed by atoms with van der Waals surface area (Å²) in [7, 11) is 0. The Hall–Kier alpha value is -2.74. The summed E-state index contributed by atoms with van der Waals surface area (Å²) in [5.41, 5.74) is 1.37. The maximum atomic E-state index is 10.8. The summed E-state index contributed by atoms with van der Waals surface area (Å²) in [4.78, 5) is 25.5. The van der Waals surface area contributed by atoms with Crippen molar-refractivity contribution in [2.45, 2.75) is 19.8 Å². The molecule has 2 N–H and O–H groups in total. The second kappa shape index (κ2) is 7.01. The SMILES string of the molecule is CC(C)c1nc(C=Cc2cccc([N+](=O)[O-])c2)sc1NC(=O)O. The van der Waals surface area contributed by atoms with E-state index in [9.17, 15) is 14.9 Å². The molecule has 8 heteroatoms. The Morgan fingerprint density at radius 3 is 2.78 bits per heavy atom. The zero-order valence-corrected chi connectivity index (χ0v) is 13.3. The summed E-state index contributed by atoms with van der Waals surface area (Å²) in [6.45, 7) is 3.85. The molecule has 0 aliphatic rings. The number of hydrogen-bond donors (Lipinski definition) is 2. The lowest BCUT2D eigenvalue weighted by Gasteiger charge is -2.03. The van der Waals surface area contributed by atoms with E-state index in [1.54, 1.807) is 24.3 Å². The highest BCUT2D eigenvalue weighted by Crippen LogP contribution is 2.31. The Morgan fingerprint density at radius 2 is 2.17 bits per heavy atom. The van der Waals surface area contributed by atoms with Gasteiger partial charge in [-0.3, -0.25) is 15.4 Å². The van der Waals surface area contributed by atoms with E-state index in [-0.39, 0.29) is 11.6 Å². The van der Waals surface area contributed by atoms with Crippen LogP contribution in [0, 0.1) is 10.1 Å². The molecule has 0 aliphatic heterocycles. The first-order chi connectivity index (χ1) is 10.9.